The van der Waals surface area contributed by atoms with Crippen LogP contribution < -0.4 is 5.73 Å². The van der Waals surface area contributed by atoms with Crippen LogP contribution in [0.4, 0.5) is 0 Å². The Hall–Kier alpha value is -0.420. The summed E-state index contributed by atoms with van der Waals surface area (Å²) >= 11 is 1.69. The van der Waals surface area contributed by atoms with Crippen molar-refractivity contribution >= 4 is 11.3 Å². The van der Waals surface area contributed by atoms with E-state index in [2.05, 4.69) is 13.0 Å². The molecule has 0 aliphatic heterocycles. The molecule has 1 unspecified atom stereocenters. The van der Waals surface area contributed by atoms with Gasteiger partial charge in [0.25, 0.3) is 0 Å². The van der Waals surface area contributed by atoms with Gasteiger partial charge in [0.05, 0.1) is 6.04 Å². The molecule has 0 spiro atoms. The molecular formula is C11H19NO2S. The fourth-order valence-electron chi connectivity index (χ4n) is 1.35. The van der Waals surface area contributed by atoms with Crippen LogP contribution in [0.2, 0.25) is 0 Å². The van der Waals surface area contributed by atoms with Crippen molar-refractivity contribution in [3.05, 3.63) is 21.9 Å². The van der Waals surface area contributed by atoms with E-state index in [4.69, 9.17) is 15.2 Å². The maximum Gasteiger partial charge on any atom is 0.177 e. The van der Waals surface area contributed by atoms with E-state index in [9.17, 15) is 0 Å². The van der Waals surface area contributed by atoms with Gasteiger partial charge in [0, 0.05) is 23.0 Å². The zero-order valence-corrected chi connectivity index (χ0v) is 10.3. The highest BCUT2D eigenvalue weighted by atomic mass is 32.1. The molecule has 1 aromatic rings. The molecule has 3 nitrogen and oxygen atoms in total. The molecule has 0 aliphatic carbocycles. The number of aryl methyl sites for hydroxylation is 1. The van der Waals surface area contributed by atoms with Gasteiger partial charge >= 0.3 is 0 Å². The fourth-order valence-corrected chi connectivity index (χ4v) is 2.24. The quantitative estimate of drug-likeness (QED) is 0.762. The first kappa shape index (κ1) is 12.6. The van der Waals surface area contributed by atoms with Gasteiger partial charge in [-0.1, -0.05) is 0 Å². The van der Waals surface area contributed by atoms with E-state index in [1.54, 1.807) is 11.3 Å². The largest absolute Gasteiger partial charge is 0.351 e. The maximum absolute atomic E-state index is 6.09. The Morgan fingerprint density at radius 2 is 1.87 bits per heavy atom. The molecule has 4 heteroatoms. The lowest BCUT2D eigenvalue weighted by molar-refractivity contribution is -0.148. The van der Waals surface area contributed by atoms with Crippen molar-refractivity contribution in [3.8, 4) is 0 Å². The second-order valence-corrected chi connectivity index (χ2v) is 4.57. The van der Waals surface area contributed by atoms with Crippen molar-refractivity contribution in [2.45, 2.75) is 33.1 Å². The number of nitrogens with two attached hydrogens (primary N) is 1. The summed E-state index contributed by atoms with van der Waals surface area (Å²) in [5.41, 5.74) is 6.09. The Bertz CT molecular complexity index is 282. The number of ether oxygens (including phenoxy) is 2. The maximum atomic E-state index is 6.09. The SMILES string of the molecule is CCOC(OCC)C(N)c1ccc(C)s1. The molecule has 0 amide bonds. The number of thiophene rings is 1. The van der Waals surface area contributed by atoms with Crippen LogP contribution in [-0.4, -0.2) is 19.5 Å². The topological polar surface area (TPSA) is 44.5 Å². The van der Waals surface area contributed by atoms with E-state index >= 15 is 0 Å². The second kappa shape index (κ2) is 6.23. The van der Waals surface area contributed by atoms with Crippen LogP contribution in [0.5, 0.6) is 0 Å². The molecule has 0 radical (unpaired) electrons. The zero-order valence-electron chi connectivity index (χ0n) is 9.53. The Kier molecular flexibility index (Phi) is 5.25. The molecule has 0 aliphatic rings. The molecule has 0 fully saturated rings. The normalized spacial score (nSPS) is 13.4. The summed E-state index contributed by atoms with van der Waals surface area (Å²) in [6, 6.07) is 3.91. The lowest BCUT2D eigenvalue weighted by Crippen LogP contribution is -2.31. The van der Waals surface area contributed by atoms with Crippen molar-refractivity contribution in [1.29, 1.82) is 0 Å². The minimum Gasteiger partial charge on any atom is -0.351 e. The van der Waals surface area contributed by atoms with Gasteiger partial charge in [-0.15, -0.1) is 11.3 Å². The molecule has 0 saturated carbocycles. The number of hydrogen-bond donors (Lipinski definition) is 1. The van der Waals surface area contributed by atoms with Gasteiger partial charge in [-0.25, -0.2) is 0 Å². The summed E-state index contributed by atoms with van der Waals surface area (Å²) in [6.07, 6.45) is -0.335. The van der Waals surface area contributed by atoms with E-state index < -0.39 is 0 Å². The van der Waals surface area contributed by atoms with Crippen LogP contribution in [0.25, 0.3) is 0 Å². The summed E-state index contributed by atoms with van der Waals surface area (Å²) in [5.74, 6) is 0. The molecule has 0 aromatic carbocycles. The molecule has 15 heavy (non-hydrogen) atoms. The van der Waals surface area contributed by atoms with Gasteiger partial charge in [0.1, 0.15) is 0 Å². The third-order valence-electron chi connectivity index (χ3n) is 2.04. The summed E-state index contributed by atoms with van der Waals surface area (Å²) in [6.45, 7) is 7.18. The van der Waals surface area contributed by atoms with Crippen molar-refractivity contribution in [2.75, 3.05) is 13.2 Å². The van der Waals surface area contributed by atoms with Crippen LogP contribution >= 0.6 is 11.3 Å². The Morgan fingerprint density at radius 1 is 1.27 bits per heavy atom. The molecule has 1 aromatic heterocycles. The fraction of sp³-hybridized carbons (Fsp3) is 0.636. The van der Waals surface area contributed by atoms with Crippen molar-refractivity contribution < 1.29 is 9.47 Å². The van der Waals surface area contributed by atoms with Crippen LogP contribution in [0.3, 0.4) is 0 Å². The molecule has 0 bridgehead atoms. The predicted octanol–water partition coefficient (Wildman–Crippen LogP) is 2.46. The van der Waals surface area contributed by atoms with Gasteiger partial charge in [0.15, 0.2) is 6.29 Å². The first-order valence-corrected chi connectivity index (χ1v) is 6.05. The van der Waals surface area contributed by atoms with Gasteiger partial charge < -0.3 is 15.2 Å². The first-order chi connectivity index (χ1) is 7.19. The molecule has 0 saturated heterocycles. The highest BCUT2D eigenvalue weighted by Gasteiger charge is 2.21. The van der Waals surface area contributed by atoms with Crippen LogP contribution in [0, 0.1) is 6.92 Å². The van der Waals surface area contributed by atoms with Crippen molar-refractivity contribution in [1.82, 2.24) is 0 Å². The molecule has 1 heterocycles. The van der Waals surface area contributed by atoms with Crippen LogP contribution in [-0.2, 0) is 9.47 Å². The lowest BCUT2D eigenvalue weighted by Gasteiger charge is -2.22. The molecule has 86 valence electrons. The Balaban J connectivity index is 2.66. The van der Waals surface area contributed by atoms with Crippen LogP contribution in [0.1, 0.15) is 29.6 Å². The smallest absolute Gasteiger partial charge is 0.177 e. The van der Waals surface area contributed by atoms with Gasteiger partial charge in [0.2, 0.25) is 0 Å². The van der Waals surface area contributed by atoms with E-state index in [-0.39, 0.29) is 12.3 Å². The third kappa shape index (κ3) is 3.57. The summed E-state index contributed by atoms with van der Waals surface area (Å²) in [5, 5.41) is 0. The standard InChI is InChI=1S/C11H19NO2S/c1-4-13-11(14-5-2)10(12)9-7-6-8(3)15-9/h6-7,10-11H,4-5,12H2,1-3H3. The van der Waals surface area contributed by atoms with E-state index in [0.717, 1.165) is 4.88 Å². The van der Waals surface area contributed by atoms with Crippen molar-refractivity contribution in [2.24, 2.45) is 5.73 Å². The second-order valence-electron chi connectivity index (χ2n) is 3.25. The molecule has 1 rings (SSSR count). The highest BCUT2D eigenvalue weighted by molar-refractivity contribution is 7.12. The van der Waals surface area contributed by atoms with E-state index in [0.29, 0.717) is 13.2 Å². The summed E-state index contributed by atoms with van der Waals surface area (Å²) in [4.78, 5) is 2.37. The van der Waals surface area contributed by atoms with Gasteiger partial charge in [-0.3, -0.25) is 0 Å². The summed E-state index contributed by atoms with van der Waals surface area (Å²) < 4.78 is 10.9. The van der Waals surface area contributed by atoms with E-state index in [1.807, 2.05) is 19.9 Å². The predicted molar refractivity (Wildman–Crippen MR) is 63.0 cm³/mol. The highest BCUT2D eigenvalue weighted by Crippen LogP contribution is 2.25. The molecule has 1 atom stereocenters. The van der Waals surface area contributed by atoms with E-state index in [1.165, 1.54) is 4.88 Å². The molecular weight excluding hydrogens is 210 g/mol. The van der Waals surface area contributed by atoms with Crippen LogP contribution in [0.15, 0.2) is 12.1 Å². The summed E-state index contributed by atoms with van der Waals surface area (Å²) in [7, 11) is 0. The Labute approximate surface area is 95.2 Å². The van der Waals surface area contributed by atoms with Gasteiger partial charge in [-0.2, -0.15) is 0 Å². The minimum atomic E-state index is -0.335. The molecule has 2 N–H and O–H groups in total. The Morgan fingerprint density at radius 3 is 2.27 bits per heavy atom. The average Bonchev–Trinajstić information content (AvgIpc) is 2.63. The van der Waals surface area contributed by atoms with Crippen molar-refractivity contribution in [3.63, 3.8) is 0 Å². The zero-order chi connectivity index (χ0) is 11.3. The minimum absolute atomic E-state index is 0.191. The number of hydrogen-bond acceptors (Lipinski definition) is 4. The monoisotopic (exact) mass is 229 g/mol. The third-order valence-corrected chi connectivity index (χ3v) is 3.15. The first-order valence-electron chi connectivity index (χ1n) is 5.24. The average molecular weight is 229 g/mol. The lowest BCUT2D eigenvalue weighted by atomic mass is 10.2. The van der Waals surface area contributed by atoms with Gasteiger partial charge in [-0.05, 0) is 32.9 Å². The number of rotatable bonds is 6.